The van der Waals surface area contributed by atoms with E-state index in [1.807, 2.05) is 0 Å². The van der Waals surface area contributed by atoms with Gasteiger partial charge in [-0.05, 0) is 19.3 Å². The van der Waals surface area contributed by atoms with Crippen LogP contribution in [0.15, 0.2) is 9.59 Å². The Morgan fingerprint density at radius 2 is 1.89 bits per heavy atom. The van der Waals surface area contributed by atoms with Gasteiger partial charge in [-0.15, -0.1) is 0 Å². The van der Waals surface area contributed by atoms with Gasteiger partial charge in [-0.1, -0.05) is 18.5 Å². The monoisotopic (exact) mass is 306 g/mol. The van der Waals surface area contributed by atoms with Crippen LogP contribution < -0.4 is 11.2 Å². The lowest BCUT2D eigenvalue weighted by Gasteiger charge is -2.23. The van der Waals surface area contributed by atoms with Crippen LogP contribution in [-0.4, -0.2) is 29.5 Å². The standard InChI is InChI=1S/C11H15ClN2O4S/c1-2-8-9(12)13-11(16)14(10(8)15)7-3-5-19(17,18)6-4-7/h7H,2-6H2,1H3,(H,13,16). The maximum Gasteiger partial charge on any atom is 0.329 e. The van der Waals surface area contributed by atoms with E-state index in [1.165, 1.54) is 0 Å². The van der Waals surface area contributed by atoms with E-state index >= 15 is 0 Å². The lowest BCUT2D eigenvalue weighted by atomic mass is 10.1. The average Bonchev–Trinajstić information content (AvgIpc) is 2.31. The molecule has 106 valence electrons. The van der Waals surface area contributed by atoms with Crippen LogP contribution in [0.4, 0.5) is 0 Å². The molecular formula is C11H15ClN2O4S. The molecule has 1 aliphatic rings. The second-order valence-electron chi connectivity index (χ2n) is 4.63. The lowest BCUT2D eigenvalue weighted by molar-refractivity contribution is 0.420. The van der Waals surface area contributed by atoms with Gasteiger partial charge in [0.25, 0.3) is 5.56 Å². The number of nitrogens with one attached hydrogen (secondary N) is 1. The highest BCUT2D eigenvalue weighted by molar-refractivity contribution is 7.91. The third-order valence-electron chi connectivity index (χ3n) is 3.42. The molecule has 0 spiro atoms. The summed E-state index contributed by atoms with van der Waals surface area (Å²) in [7, 11) is -3.03. The zero-order chi connectivity index (χ0) is 14.2. The molecule has 8 heteroatoms. The molecule has 0 bridgehead atoms. The number of H-pyrrole nitrogens is 1. The normalized spacial score (nSPS) is 19.5. The minimum Gasteiger partial charge on any atom is -0.297 e. The zero-order valence-corrected chi connectivity index (χ0v) is 12.1. The molecule has 1 saturated heterocycles. The summed E-state index contributed by atoms with van der Waals surface area (Å²) in [5.74, 6) is 0.0151. The zero-order valence-electron chi connectivity index (χ0n) is 10.5. The van der Waals surface area contributed by atoms with Crippen LogP contribution in [0.5, 0.6) is 0 Å². The first-order valence-corrected chi connectivity index (χ1v) is 8.29. The highest BCUT2D eigenvalue weighted by Gasteiger charge is 2.27. The van der Waals surface area contributed by atoms with Crippen molar-refractivity contribution < 1.29 is 8.42 Å². The maximum atomic E-state index is 12.2. The Kier molecular flexibility index (Phi) is 3.87. The Hall–Kier alpha value is -1.08. The quantitative estimate of drug-likeness (QED) is 0.806. The molecule has 0 unspecified atom stereocenters. The number of nitrogens with zero attached hydrogens (tertiary/aromatic N) is 1. The van der Waals surface area contributed by atoms with Gasteiger partial charge >= 0.3 is 5.69 Å². The maximum absolute atomic E-state index is 12.2. The van der Waals surface area contributed by atoms with Gasteiger partial charge in [0.1, 0.15) is 15.0 Å². The molecule has 0 radical (unpaired) electrons. The van der Waals surface area contributed by atoms with Crippen molar-refractivity contribution in [2.75, 3.05) is 11.5 Å². The molecule has 1 aromatic heterocycles. The fourth-order valence-electron chi connectivity index (χ4n) is 2.33. The van der Waals surface area contributed by atoms with Crippen LogP contribution >= 0.6 is 11.6 Å². The molecule has 0 atom stereocenters. The number of aromatic nitrogens is 2. The van der Waals surface area contributed by atoms with Gasteiger partial charge in [0.15, 0.2) is 0 Å². The van der Waals surface area contributed by atoms with Crippen molar-refractivity contribution in [2.45, 2.75) is 32.2 Å². The predicted octanol–water partition coefficient (Wildman–Crippen LogP) is 0.502. The van der Waals surface area contributed by atoms with Gasteiger partial charge < -0.3 is 0 Å². The first-order valence-electron chi connectivity index (χ1n) is 6.09. The highest BCUT2D eigenvalue weighted by Crippen LogP contribution is 2.21. The SMILES string of the molecule is CCc1c(Cl)[nH]c(=O)n(C2CCS(=O)(=O)CC2)c1=O. The fourth-order valence-corrected chi connectivity index (χ4v) is 4.10. The lowest BCUT2D eigenvalue weighted by Crippen LogP contribution is -2.42. The van der Waals surface area contributed by atoms with E-state index in [9.17, 15) is 18.0 Å². The topological polar surface area (TPSA) is 89.0 Å². The average molecular weight is 307 g/mol. The molecule has 1 aliphatic heterocycles. The molecule has 2 rings (SSSR count). The number of hydrogen-bond acceptors (Lipinski definition) is 4. The molecule has 19 heavy (non-hydrogen) atoms. The van der Waals surface area contributed by atoms with Gasteiger partial charge in [-0.3, -0.25) is 14.3 Å². The predicted molar refractivity (Wildman–Crippen MR) is 72.6 cm³/mol. The third-order valence-corrected chi connectivity index (χ3v) is 5.46. The van der Waals surface area contributed by atoms with Crippen molar-refractivity contribution in [3.05, 3.63) is 31.6 Å². The number of halogens is 1. The van der Waals surface area contributed by atoms with E-state index in [4.69, 9.17) is 11.6 Å². The Morgan fingerprint density at radius 1 is 1.32 bits per heavy atom. The smallest absolute Gasteiger partial charge is 0.297 e. The van der Waals surface area contributed by atoms with Crippen molar-refractivity contribution in [1.29, 1.82) is 0 Å². The minimum atomic E-state index is -3.03. The number of sulfone groups is 1. The first kappa shape index (κ1) is 14.3. The van der Waals surface area contributed by atoms with Crippen LogP contribution in [0.25, 0.3) is 0 Å². The molecule has 0 aliphatic carbocycles. The van der Waals surface area contributed by atoms with E-state index < -0.39 is 21.1 Å². The Balaban J connectivity index is 2.47. The van der Waals surface area contributed by atoms with Crippen molar-refractivity contribution in [3.8, 4) is 0 Å². The minimum absolute atomic E-state index is 0.00757. The number of hydrogen-bond donors (Lipinski definition) is 1. The van der Waals surface area contributed by atoms with E-state index in [-0.39, 0.29) is 35.5 Å². The summed E-state index contributed by atoms with van der Waals surface area (Å²) in [6, 6.07) is -0.373. The van der Waals surface area contributed by atoms with Crippen LogP contribution in [0, 0.1) is 0 Å². The number of rotatable bonds is 2. The molecule has 1 N–H and O–H groups in total. The van der Waals surface area contributed by atoms with Crippen LogP contribution in [-0.2, 0) is 16.3 Å². The molecule has 0 amide bonds. The van der Waals surface area contributed by atoms with E-state index in [1.54, 1.807) is 6.92 Å². The Morgan fingerprint density at radius 3 is 2.42 bits per heavy atom. The summed E-state index contributed by atoms with van der Waals surface area (Å²) in [5, 5.41) is 0.0668. The van der Waals surface area contributed by atoms with Gasteiger partial charge in [-0.25, -0.2) is 13.2 Å². The first-order chi connectivity index (χ1) is 8.85. The molecular weight excluding hydrogens is 292 g/mol. The molecule has 0 saturated carbocycles. The van der Waals surface area contributed by atoms with Gasteiger partial charge in [0.05, 0.1) is 17.1 Å². The van der Waals surface area contributed by atoms with Gasteiger partial charge in [-0.2, -0.15) is 0 Å². The molecule has 2 heterocycles. The summed E-state index contributed by atoms with van der Waals surface area (Å²) in [6.45, 7) is 1.77. The van der Waals surface area contributed by atoms with Crippen molar-refractivity contribution >= 4 is 21.4 Å². The highest BCUT2D eigenvalue weighted by atomic mass is 35.5. The van der Waals surface area contributed by atoms with Gasteiger partial charge in [0, 0.05) is 6.04 Å². The van der Waals surface area contributed by atoms with E-state index in [2.05, 4.69) is 4.98 Å². The second-order valence-corrected chi connectivity index (χ2v) is 7.32. The van der Waals surface area contributed by atoms with E-state index in [0.29, 0.717) is 12.0 Å². The van der Waals surface area contributed by atoms with Crippen molar-refractivity contribution in [1.82, 2.24) is 9.55 Å². The third kappa shape index (κ3) is 2.76. The van der Waals surface area contributed by atoms with Gasteiger partial charge in [0.2, 0.25) is 0 Å². The fraction of sp³-hybridized carbons (Fsp3) is 0.636. The molecule has 0 aromatic carbocycles. The summed E-state index contributed by atoms with van der Waals surface area (Å²) in [5.41, 5.74) is -0.633. The van der Waals surface area contributed by atoms with E-state index in [0.717, 1.165) is 4.57 Å². The van der Waals surface area contributed by atoms with Crippen LogP contribution in [0.1, 0.15) is 31.4 Å². The largest absolute Gasteiger partial charge is 0.329 e. The second kappa shape index (κ2) is 5.13. The molecule has 6 nitrogen and oxygen atoms in total. The summed E-state index contributed by atoms with van der Waals surface area (Å²) < 4.78 is 23.9. The summed E-state index contributed by atoms with van der Waals surface area (Å²) >= 11 is 5.83. The van der Waals surface area contributed by atoms with Crippen molar-refractivity contribution in [2.24, 2.45) is 0 Å². The molecule has 1 fully saturated rings. The van der Waals surface area contributed by atoms with Crippen molar-refractivity contribution in [3.63, 3.8) is 0 Å². The summed E-state index contributed by atoms with van der Waals surface area (Å²) in [6.07, 6.45) is 0.992. The number of aromatic amines is 1. The Bertz CT molecular complexity index is 690. The summed E-state index contributed by atoms with van der Waals surface area (Å²) in [4.78, 5) is 26.5. The Labute approximate surface area is 115 Å². The molecule has 1 aromatic rings. The van der Waals surface area contributed by atoms with Crippen LogP contribution in [0.2, 0.25) is 5.15 Å². The van der Waals surface area contributed by atoms with Crippen LogP contribution in [0.3, 0.4) is 0 Å².